The fourth-order valence-corrected chi connectivity index (χ4v) is 5.46. The van der Waals surface area contributed by atoms with Crippen LogP contribution in [-0.4, -0.2) is 35.1 Å². The predicted octanol–water partition coefficient (Wildman–Crippen LogP) is 5.07. The third-order valence-electron chi connectivity index (χ3n) is 5.60. The lowest BCUT2D eigenvalue weighted by Gasteiger charge is -2.15. The van der Waals surface area contributed by atoms with Crippen molar-refractivity contribution in [2.45, 2.75) is 0 Å². The Labute approximate surface area is 177 Å². The monoisotopic (exact) mass is 430 g/mol. The van der Waals surface area contributed by atoms with E-state index >= 15 is 0 Å². The SMILES string of the molecule is Oc1c(O)c(O)c(-n2c3cccnc3c3c4sc5ccccc5c4ccc32)c(O)c1O. The third kappa shape index (κ3) is 2.14. The lowest BCUT2D eigenvalue weighted by molar-refractivity contribution is 0.327. The number of pyridine rings is 1. The number of nitrogens with zero attached hydrogens (tertiary/aromatic N) is 2. The molecule has 6 rings (SSSR count). The van der Waals surface area contributed by atoms with Crippen molar-refractivity contribution < 1.29 is 25.5 Å². The van der Waals surface area contributed by atoms with Gasteiger partial charge in [0.1, 0.15) is 5.69 Å². The second-order valence-electron chi connectivity index (χ2n) is 7.23. The van der Waals surface area contributed by atoms with E-state index in [1.54, 1.807) is 29.7 Å². The predicted molar refractivity (Wildman–Crippen MR) is 120 cm³/mol. The van der Waals surface area contributed by atoms with Crippen LogP contribution in [-0.2, 0) is 0 Å². The molecule has 0 aliphatic heterocycles. The molecule has 0 unspecified atom stereocenters. The molecule has 0 saturated carbocycles. The number of fused-ring (bicyclic) bond motifs is 7. The van der Waals surface area contributed by atoms with Gasteiger partial charge in [-0.05, 0) is 24.3 Å². The molecule has 0 atom stereocenters. The highest BCUT2D eigenvalue weighted by atomic mass is 32.1. The second kappa shape index (κ2) is 5.93. The van der Waals surface area contributed by atoms with Crippen molar-refractivity contribution in [2.24, 2.45) is 0 Å². The van der Waals surface area contributed by atoms with Gasteiger partial charge in [-0.1, -0.05) is 24.3 Å². The molecule has 0 fully saturated rings. The number of phenols is 5. The number of rotatable bonds is 1. The van der Waals surface area contributed by atoms with Crippen molar-refractivity contribution in [1.82, 2.24) is 9.55 Å². The van der Waals surface area contributed by atoms with Crippen LogP contribution in [0.25, 0.3) is 47.8 Å². The Morgan fingerprint density at radius 2 is 1.39 bits per heavy atom. The zero-order chi connectivity index (χ0) is 21.4. The second-order valence-corrected chi connectivity index (χ2v) is 8.28. The number of thiophene rings is 1. The first kappa shape index (κ1) is 17.7. The Morgan fingerprint density at radius 1 is 0.677 bits per heavy atom. The Balaban J connectivity index is 1.87. The van der Waals surface area contributed by atoms with E-state index in [2.05, 4.69) is 11.1 Å². The highest BCUT2D eigenvalue weighted by molar-refractivity contribution is 7.26. The molecular weight excluding hydrogens is 416 g/mol. The van der Waals surface area contributed by atoms with E-state index in [-0.39, 0.29) is 5.69 Å². The van der Waals surface area contributed by atoms with E-state index < -0.39 is 28.7 Å². The lowest BCUT2D eigenvalue weighted by Crippen LogP contribution is -1.96. The maximum Gasteiger partial charge on any atom is 0.208 e. The Morgan fingerprint density at radius 3 is 2.16 bits per heavy atom. The molecule has 152 valence electrons. The lowest BCUT2D eigenvalue weighted by atomic mass is 10.1. The van der Waals surface area contributed by atoms with Crippen LogP contribution in [0.1, 0.15) is 0 Å². The minimum atomic E-state index is -0.996. The van der Waals surface area contributed by atoms with Gasteiger partial charge in [0.15, 0.2) is 11.5 Å². The molecule has 3 aromatic carbocycles. The van der Waals surface area contributed by atoms with Gasteiger partial charge in [0.05, 0.1) is 16.6 Å². The van der Waals surface area contributed by atoms with Crippen molar-refractivity contribution in [2.75, 3.05) is 0 Å². The summed E-state index contributed by atoms with van der Waals surface area (Å²) in [7, 11) is 0. The van der Waals surface area contributed by atoms with Crippen LogP contribution < -0.4 is 0 Å². The molecule has 3 heterocycles. The van der Waals surface area contributed by atoms with E-state index in [0.29, 0.717) is 16.6 Å². The molecule has 0 bridgehead atoms. The molecule has 0 aliphatic carbocycles. The summed E-state index contributed by atoms with van der Waals surface area (Å²) in [5.41, 5.74) is 1.56. The van der Waals surface area contributed by atoms with Crippen LogP contribution in [0.4, 0.5) is 0 Å². The quantitative estimate of drug-likeness (QED) is 0.183. The van der Waals surface area contributed by atoms with Crippen LogP contribution in [0.2, 0.25) is 0 Å². The van der Waals surface area contributed by atoms with Crippen LogP contribution >= 0.6 is 11.3 Å². The van der Waals surface area contributed by atoms with E-state index in [4.69, 9.17) is 0 Å². The van der Waals surface area contributed by atoms with Crippen LogP contribution in [0.15, 0.2) is 54.7 Å². The van der Waals surface area contributed by atoms with Gasteiger partial charge in [-0.2, -0.15) is 0 Å². The summed E-state index contributed by atoms with van der Waals surface area (Å²) in [6.45, 7) is 0. The molecule has 0 radical (unpaired) electrons. The van der Waals surface area contributed by atoms with Gasteiger partial charge in [0.25, 0.3) is 0 Å². The Hall–Kier alpha value is -4.17. The molecule has 3 aromatic heterocycles. The van der Waals surface area contributed by atoms with Crippen LogP contribution in [0, 0.1) is 0 Å². The largest absolute Gasteiger partial charge is 0.503 e. The summed E-state index contributed by atoms with van der Waals surface area (Å²) in [4.78, 5) is 4.55. The summed E-state index contributed by atoms with van der Waals surface area (Å²) in [5.74, 6) is -4.36. The highest BCUT2D eigenvalue weighted by Crippen LogP contribution is 2.54. The first-order valence-electron chi connectivity index (χ1n) is 9.37. The van der Waals surface area contributed by atoms with Crippen molar-refractivity contribution in [3.8, 4) is 34.4 Å². The first-order chi connectivity index (χ1) is 15.0. The average Bonchev–Trinajstić information content (AvgIpc) is 3.33. The minimum absolute atomic E-state index is 0.249. The standard InChI is InChI=1S/C23H14N2O5S/c26-18-17(19(27)21(29)22(30)20(18)28)25-12-8-7-11-10-4-1-2-6-14(10)31-23(11)15(12)16-13(25)5-3-9-24-16/h1-9,26-30H. The molecule has 0 saturated heterocycles. The topological polar surface area (TPSA) is 119 Å². The number of benzene rings is 3. The number of aromatic nitrogens is 2. The molecule has 31 heavy (non-hydrogen) atoms. The molecule has 0 spiro atoms. The van der Waals surface area contributed by atoms with Gasteiger partial charge in [0, 0.05) is 31.8 Å². The fraction of sp³-hybridized carbons (Fsp3) is 0. The summed E-state index contributed by atoms with van der Waals surface area (Å²) in [5, 5.41) is 54.2. The third-order valence-corrected chi connectivity index (χ3v) is 6.80. The van der Waals surface area contributed by atoms with Gasteiger partial charge in [-0.15, -0.1) is 11.3 Å². The maximum absolute atomic E-state index is 10.6. The summed E-state index contributed by atoms with van der Waals surface area (Å²) in [6, 6.07) is 15.4. The van der Waals surface area contributed by atoms with Gasteiger partial charge in [-0.25, -0.2) is 0 Å². The molecule has 5 N–H and O–H groups in total. The number of phenolic OH excluding ortho intramolecular Hbond substituents is 5. The molecule has 6 aromatic rings. The highest BCUT2D eigenvalue weighted by Gasteiger charge is 2.28. The fourth-order valence-electron chi connectivity index (χ4n) is 4.22. The molecule has 0 amide bonds. The molecule has 0 aliphatic rings. The van der Waals surface area contributed by atoms with Gasteiger partial charge in [-0.3, -0.25) is 4.98 Å². The van der Waals surface area contributed by atoms with Crippen molar-refractivity contribution in [1.29, 1.82) is 0 Å². The van der Waals surface area contributed by atoms with Crippen molar-refractivity contribution in [3.05, 3.63) is 54.7 Å². The summed E-state index contributed by atoms with van der Waals surface area (Å²) < 4.78 is 3.63. The summed E-state index contributed by atoms with van der Waals surface area (Å²) in [6.07, 6.45) is 1.66. The van der Waals surface area contributed by atoms with Crippen molar-refractivity contribution >= 4 is 53.4 Å². The summed E-state index contributed by atoms with van der Waals surface area (Å²) >= 11 is 1.61. The average molecular weight is 430 g/mol. The molecule has 8 heteroatoms. The van der Waals surface area contributed by atoms with Gasteiger partial charge < -0.3 is 30.1 Å². The van der Waals surface area contributed by atoms with E-state index in [1.807, 2.05) is 30.3 Å². The van der Waals surface area contributed by atoms with Crippen LogP contribution in [0.3, 0.4) is 0 Å². The minimum Gasteiger partial charge on any atom is -0.503 e. The zero-order valence-corrected chi connectivity index (χ0v) is 16.6. The smallest absolute Gasteiger partial charge is 0.208 e. The zero-order valence-electron chi connectivity index (χ0n) is 15.7. The first-order valence-corrected chi connectivity index (χ1v) is 10.2. The molecule has 7 nitrogen and oxygen atoms in total. The van der Waals surface area contributed by atoms with Crippen LogP contribution in [0.5, 0.6) is 28.7 Å². The number of aromatic hydroxyl groups is 5. The van der Waals surface area contributed by atoms with Crippen molar-refractivity contribution in [3.63, 3.8) is 0 Å². The van der Waals surface area contributed by atoms with E-state index in [9.17, 15) is 25.5 Å². The normalized spacial score (nSPS) is 11.9. The van der Waals surface area contributed by atoms with Gasteiger partial charge in [0.2, 0.25) is 17.2 Å². The van der Waals surface area contributed by atoms with E-state index in [1.165, 1.54) is 4.57 Å². The van der Waals surface area contributed by atoms with Gasteiger partial charge >= 0.3 is 0 Å². The number of hydrogen-bond donors (Lipinski definition) is 5. The Bertz CT molecular complexity index is 1670. The maximum atomic E-state index is 10.6. The number of hydrogen-bond acceptors (Lipinski definition) is 7. The van der Waals surface area contributed by atoms with E-state index in [0.717, 1.165) is 25.6 Å². The Kier molecular flexibility index (Phi) is 3.38. The molecular formula is C23H14N2O5S.